The molecule has 2 saturated carbocycles. The predicted molar refractivity (Wildman–Crippen MR) is 129 cm³/mol. The Balaban J connectivity index is 1.57. The molecule has 3 amide bonds. The zero-order valence-corrected chi connectivity index (χ0v) is 21.5. The molecule has 4 aliphatic rings. The van der Waals surface area contributed by atoms with Crippen LogP contribution < -0.4 is 10.0 Å². The van der Waals surface area contributed by atoms with Crippen LogP contribution in [-0.4, -0.2) is 53.9 Å². The van der Waals surface area contributed by atoms with E-state index in [2.05, 4.69) is 23.9 Å². The van der Waals surface area contributed by atoms with Gasteiger partial charge in [-0.1, -0.05) is 32.4 Å². The van der Waals surface area contributed by atoms with Gasteiger partial charge in [0.25, 0.3) is 5.91 Å². The lowest BCUT2D eigenvalue weighted by Crippen LogP contribution is -2.57. The Morgan fingerprint density at radius 2 is 2.00 bits per heavy atom. The van der Waals surface area contributed by atoms with Gasteiger partial charge in [-0.15, -0.1) is 0 Å². The Morgan fingerprint density at radius 3 is 2.68 bits per heavy atom. The molecular formula is C25H39N3O5S. The number of amides is 3. The van der Waals surface area contributed by atoms with Crippen molar-refractivity contribution < 1.29 is 22.8 Å². The quantitative estimate of drug-likeness (QED) is 0.585. The monoisotopic (exact) mass is 493 g/mol. The third-order valence-corrected chi connectivity index (χ3v) is 10.6. The molecule has 190 valence electrons. The molecule has 2 N–H and O–H groups in total. The summed E-state index contributed by atoms with van der Waals surface area (Å²) in [5.74, 6) is -0.516. The molecule has 0 aromatic rings. The molecule has 2 aliphatic heterocycles. The smallest absolute Gasteiger partial charge is 0.259 e. The first-order valence-corrected chi connectivity index (χ1v) is 14.3. The Morgan fingerprint density at radius 1 is 1.26 bits per heavy atom. The van der Waals surface area contributed by atoms with Crippen LogP contribution in [-0.2, 0) is 24.4 Å². The highest BCUT2D eigenvalue weighted by Crippen LogP contribution is 2.47. The number of nitrogens with one attached hydrogen (secondary N) is 2. The summed E-state index contributed by atoms with van der Waals surface area (Å²) in [5.41, 5.74) is -1.28. The Bertz CT molecular complexity index is 973. The van der Waals surface area contributed by atoms with Crippen molar-refractivity contribution in [2.45, 2.75) is 101 Å². The van der Waals surface area contributed by atoms with Crippen molar-refractivity contribution in [3.8, 4) is 0 Å². The highest BCUT2D eigenvalue weighted by Gasteiger charge is 2.62. The number of nitrogens with zero attached hydrogens (tertiary/aromatic N) is 1. The first-order valence-electron chi connectivity index (χ1n) is 12.9. The zero-order chi connectivity index (χ0) is 24.7. The summed E-state index contributed by atoms with van der Waals surface area (Å²) < 4.78 is 26.8. The molecular weight excluding hydrogens is 454 g/mol. The number of hydrogen-bond acceptors (Lipinski definition) is 5. The molecule has 0 spiro atoms. The summed E-state index contributed by atoms with van der Waals surface area (Å²) in [6, 6.07) is -0.611. The fraction of sp³-hybridized carbons (Fsp3) is 0.800. The lowest BCUT2D eigenvalue weighted by Gasteiger charge is -2.28. The summed E-state index contributed by atoms with van der Waals surface area (Å²) >= 11 is 0. The van der Waals surface area contributed by atoms with Crippen molar-refractivity contribution in [3.05, 3.63) is 12.2 Å². The minimum absolute atomic E-state index is 0.000202. The van der Waals surface area contributed by atoms with E-state index in [4.69, 9.17) is 0 Å². The van der Waals surface area contributed by atoms with Gasteiger partial charge in [-0.25, -0.2) is 8.42 Å². The van der Waals surface area contributed by atoms with E-state index >= 15 is 0 Å². The van der Waals surface area contributed by atoms with Crippen LogP contribution in [0.1, 0.15) is 85.0 Å². The fourth-order valence-corrected chi connectivity index (χ4v) is 6.80. The predicted octanol–water partition coefficient (Wildman–Crippen LogP) is 2.64. The van der Waals surface area contributed by atoms with Crippen molar-refractivity contribution in [2.75, 3.05) is 6.54 Å². The average Bonchev–Trinajstić information content (AvgIpc) is 3.63. The Hall–Kier alpha value is -1.90. The van der Waals surface area contributed by atoms with Gasteiger partial charge in [-0.3, -0.25) is 19.1 Å². The highest BCUT2D eigenvalue weighted by atomic mass is 32.2. The van der Waals surface area contributed by atoms with E-state index in [9.17, 15) is 22.8 Å². The van der Waals surface area contributed by atoms with Gasteiger partial charge in [-0.2, -0.15) is 0 Å². The van der Waals surface area contributed by atoms with Gasteiger partial charge in [0.2, 0.25) is 21.8 Å². The van der Waals surface area contributed by atoms with Gasteiger partial charge in [0, 0.05) is 18.9 Å². The van der Waals surface area contributed by atoms with Crippen LogP contribution in [0.2, 0.25) is 0 Å². The summed E-state index contributed by atoms with van der Waals surface area (Å²) in [6.07, 6.45) is 10.9. The number of carbonyl (C=O) groups excluding carboxylic acids is 3. The zero-order valence-electron chi connectivity index (χ0n) is 20.6. The first-order chi connectivity index (χ1) is 16.0. The van der Waals surface area contributed by atoms with E-state index in [1.165, 1.54) is 0 Å². The Kier molecular flexibility index (Phi) is 6.88. The lowest BCUT2D eigenvalue weighted by molar-refractivity contribution is -0.140. The molecule has 8 nitrogen and oxygen atoms in total. The van der Waals surface area contributed by atoms with Crippen molar-refractivity contribution in [3.63, 3.8) is 0 Å². The number of rotatable bonds is 4. The lowest BCUT2D eigenvalue weighted by atomic mass is 9.88. The van der Waals surface area contributed by atoms with Crippen LogP contribution >= 0.6 is 0 Å². The van der Waals surface area contributed by atoms with Crippen molar-refractivity contribution in [1.82, 2.24) is 14.9 Å². The number of allylic oxidation sites excluding steroid dienone is 1. The van der Waals surface area contributed by atoms with Gasteiger partial charge >= 0.3 is 0 Å². The molecule has 0 aromatic heterocycles. The number of fused-ring (bicyclic) bond motifs is 2. The first kappa shape index (κ1) is 25.2. The second-order valence-corrected chi connectivity index (χ2v) is 13.4. The van der Waals surface area contributed by atoms with Crippen LogP contribution in [0, 0.1) is 17.8 Å². The van der Waals surface area contributed by atoms with Gasteiger partial charge in [0.15, 0.2) is 0 Å². The molecule has 3 fully saturated rings. The molecule has 0 radical (unpaired) electrons. The molecule has 2 aliphatic carbocycles. The largest absolute Gasteiger partial charge is 0.339 e. The van der Waals surface area contributed by atoms with E-state index < -0.39 is 32.3 Å². The molecule has 4 rings (SSSR count). The molecule has 2 heterocycles. The maximum absolute atomic E-state index is 13.3. The highest BCUT2D eigenvalue weighted by molar-refractivity contribution is 7.91. The number of hydrogen-bond donors (Lipinski definition) is 2. The van der Waals surface area contributed by atoms with Crippen LogP contribution in [0.4, 0.5) is 0 Å². The summed E-state index contributed by atoms with van der Waals surface area (Å²) in [4.78, 5) is 41.4. The normalized spacial score (nSPS) is 36.9. The topological polar surface area (TPSA) is 113 Å². The van der Waals surface area contributed by atoms with E-state index in [0.717, 1.165) is 32.1 Å². The van der Waals surface area contributed by atoms with Crippen LogP contribution in [0.3, 0.4) is 0 Å². The summed E-state index contributed by atoms with van der Waals surface area (Å²) in [7, 11) is -3.81. The molecule has 1 saturated heterocycles. The van der Waals surface area contributed by atoms with Gasteiger partial charge < -0.3 is 10.2 Å². The minimum atomic E-state index is -3.81. The van der Waals surface area contributed by atoms with Crippen LogP contribution in [0.15, 0.2) is 12.2 Å². The van der Waals surface area contributed by atoms with Gasteiger partial charge in [-0.05, 0) is 70.1 Å². The fourth-order valence-electron chi connectivity index (χ4n) is 5.49. The van der Waals surface area contributed by atoms with Crippen molar-refractivity contribution in [1.29, 1.82) is 0 Å². The number of carbonyl (C=O) groups is 3. The maximum atomic E-state index is 13.3. The van der Waals surface area contributed by atoms with Crippen molar-refractivity contribution in [2.24, 2.45) is 17.8 Å². The third-order valence-electron chi connectivity index (χ3n) is 8.44. The van der Waals surface area contributed by atoms with Crippen molar-refractivity contribution >= 4 is 27.7 Å². The molecule has 5 atom stereocenters. The minimum Gasteiger partial charge on any atom is -0.339 e. The van der Waals surface area contributed by atoms with Gasteiger partial charge in [0.1, 0.15) is 11.6 Å². The van der Waals surface area contributed by atoms with Crippen LogP contribution in [0.5, 0.6) is 0 Å². The maximum Gasteiger partial charge on any atom is 0.259 e. The summed E-state index contributed by atoms with van der Waals surface area (Å²) in [5, 5.41) is 2.90. The van der Waals surface area contributed by atoms with E-state index in [-0.39, 0.29) is 17.7 Å². The Labute approximate surface area is 203 Å². The second-order valence-electron chi connectivity index (χ2n) is 11.2. The molecule has 9 heteroatoms. The molecule has 5 unspecified atom stereocenters. The van der Waals surface area contributed by atoms with E-state index in [1.54, 1.807) is 11.8 Å². The van der Waals surface area contributed by atoms with Gasteiger partial charge in [0.05, 0.1) is 4.75 Å². The SMILES string of the molecule is CCC1CC(=O)N2CCCC2C(=O)NC2(C(=O)NS(=O)(=O)C3(C)CC3)CC2/C=C\CCC(C)C1. The summed E-state index contributed by atoms with van der Waals surface area (Å²) in [6.45, 7) is 6.49. The molecule has 0 aromatic carbocycles. The third kappa shape index (κ3) is 4.90. The van der Waals surface area contributed by atoms with Crippen LogP contribution in [0.25, 0.3) is 0 Å². The molecule has 34 heavy (non-hydrogen) atoms. The molecule has 0 bridgehead atoms. The second kappa shape index (κ2) is 9.28. The van der Waals surface area contributed by atoms with E-state index in [1.807, 2.05) is 12.2 Å². The number of sulfonamides is 1. The average molecular weight is 494 g/mol. The van der Waals surface area contributed by atoms with E-state index in [0.29, 0.717) is 50.5 Å². The standard InChI is InChI=1S/C25H39N3O5S/c1-4-18-14-17(2)8-5-6-9-19-16-25(19,23(31)27-34(32,33)24(3)11-12-24)26-22(30)20-10-7-13-28(20)21(29)15-18/h6,9,17-20H,4-5,7-8,10-16H2,1-3H3,(H,26,30)(H,27,31)/b9-6-.